The Balaban J connectivity index is 1.64. The van der Waals surface area contributed by atoms with Gasteiger partial charge < -0.3 is 9.26 Å². The molecule has 24 heavy (non-hydrogen) atoms. The van der Waals surface area contributed by atoms with Gasteiger partial charge >= 0.3 is 0 Å². The van der Waals surface area contributed by atoms with E-state index in [-0.39, 0.29) is 12.0 Å². The van der Waals surface area contributed by atoms with Gasteiger partial charge in [0.05, 0.1) is 0 Å². The van der Waals surface area contributed by atoms with E-state index < -0.39 is 0 Å². The van der Waals surface area contributed by atoms with Crippen molar-refractivity contribution in [3.8, 4) is 17.1 Å². The van der Waals surface area contributed by atoms with Crippen LogP contribution >= 0.6 is 11.6 Å². The lowest BCUT2D eigenvalue weighted by atomic mass is 9.87. The third kappa shape index (κ3) is 3.95. The predicted molar refractivity (Wildman–Crippen MR) is 94.2 cm³/mol. The Morgan fingerprint density at radius 2 is 1.67 bits per heavy atom. The Morgan fingerprint density at radius 1 is 1.00 bits per heavy atom. The molecule has 0 atom stereocenters. The van der Waals surface area contributed by atoms with Gasteiger partial charge in [0.1, 0.15) is 5.75 Å². The van der Waals surface area contributed by atoms with Crippen molar-refractivity contribution in [1.82, 2.24) is 10.1 Å². The van der Waals surface area contributed by atoms with Crippen molar-refractivity contribution >= 4 is 11.6 Å². The normalized spacial score (nSPS) is 11.5. The van der Waals surface area contributed by atoms with Crippen molar-refractivity contribution in [2.24, 2.45) is 0 Å². The third-order valence-corrected chi connectivity index (χ3v) is 3.91. The summed E-state index contributed by atoms with van der Waals surface area (Å²) in [6.07, 6.45) is 0. The summed E-state index contributed by atoms with van der Waals surface area (Å²) in [7, 11) is 0. The highest BCUT2D eigenvalue weighted by Crippen LogP contribution is 2.25. The first kappa shape index (κ1) is 16.5. The minimum Gasteiger partial charge on any atom is -0.484 e. The number of halogens is 1. The summed E-state index contributed by atoms with van der Waals surface area (Å²) >= 11 is 5.88. The summed E-state index contributed by atoms with van der Waals surface area (Å²) in [5, 5.41) is 4.64. The summed E-state index contributed by atoms with van der Waals surface area (Å²) in [5.41, 5.74) is 2.24. The van der Waals surface area contributed by atoms with E-state index in [9.17, 15) is 0 Å². The quantitative estimate of drug-likeness (QED) is 0.648. The van der Waals surface area contributed by atoms with E-state index in [1.165, 1.54) is 5.56 Å². The molecule has 3 aromatic rings. The molecule has 3 rings (SSSR count). The van der Waals surface area contributed by atoms with Crippen LogP contribution in [0.15, 0.2) is 53.1 Å². The number of aromatic nitrogens is 2. The fourth-order valence-corrected chi connectivity index (χ4v) is 2.35. The standard InChI is InChI=1S/C19H19ClN2O2/c1-19(2,3)14-6-10-16(11-7-14)23-12-17-21-18(22-24-17)13-4-8-15(20)9-5-13/h4-11H,12H2,1-3H3. The van der Waals surface area contributed by atoms with Crippen LogP contribution in [0.25, 0.3) is 11.4 Å². The molecular weight excluding hydrogens is 324 g/mol. The molecule has 0 amide bonds. The van der Waals surface area contributed by atoms with Gasteiger partial charge in [-0.15, -0.1) is 0 Å². The molecule has 0 saturated heterocycles. The lowest BCUT2D eigenvalue weighted by Crippen LogP contribution is -2.10. The first-order chi connectivity index (χ1) is 11.4. The summed E-state index contributed by atoms with van der Waals surface area (Å²) in [6, 6.07) is 15.3. The van der Waals surface area contributed by atoms with E-state index >= 15 is 0 Å². The molecule has 2 aromatic carbocycles. The maximum Gasteiger partial charge on any atom is 0.264 e. The molecule has 0 N–H and O–H groups in total. The molecule has 4 nitrogen and oxygen atoms in total. The van der Waals surface area contributed by atoms with E-state index in [0.29, 0.717) is 16.7 Å². The largest absolute Gasteiger partial charge is 0.484 e. The van der Waals surface area contributed by atoms with Gasteiger partial charge in [0.15, 0.2) is 6.61 Å². The Bertz CT molecular complexity index is 803. The number of benzene rings is 2. The van der Waals surface area contributed by atoms with E-state index in [1.54, 1.807) is 12.1 Å². The van der Waals surface area contributed by atoms with Crippen LogP contribution in [0.2, 0.25) is 5.02 Å². The van der Waals surface area contributed by atoms with Crippen LogP contribution in [-0.2, 0) is 12.0 Å². The first-order valence-electron chi connectivity index (χ1n) is 7.74. The monoisotopic (exact) mass is 342 g/mol. The summed E-state index contributed by atoms with van der Waals surface area (Å²) in [6.45, 7) is 6.77. The summed E-state index contributed by atoms with van der Waals surface area (Å²) < 4.78 is 10.9. The number of hydrogen-bond donors (Lipinski definition) is 0. The fraction of sp³-hybridized carbons (Fsp3) is 0.263. The average Bonchev–Trinajstić information content (AvgIpc) is 3.02. The second-order valence-corrected chi connectivity index (χ2v) is 7.02. The smallest absolute Gasteiger partial charge is 0.264 e. The first-order valence-corrected chi connectivity index (χ1v) is 8.11. The molecule has 0 aliphatic heterocycles. The molecule has 0 aliphatic carbocycles. The lowest BCUT2D eigenvalue weighted by Gasteiger charge is -2.19. The third-order valence-electron chi connectivity index (χ3n) is 3.65. The van der Waals surface area contributed by atoms with Gasteiger partial charge in [-0.3, -0.25) is 0 Å². The molecule has 0 fully saturated rings. The molecule has 1 heterocycles. The molecule has 5 heteroatoms. The van der Waals surface area contributed by atoms with Crippen LogP contribution in [0.4, 0.5) is 0 Å². The zero-order valence-corrected chi connectivity index (χ0v) is 14.7. The highest BCUT2D eigenvalue weighted by atomic mass is 35.5. The van der Waals surface area contributed by atoms with Crippen LogP contribution in [0.3, 0.4) is 0 Å². The van der Waals surface area contributed by atoms with Crippen molar-refractivity contribution in [2.75, 3.05) is 0 Å². The second kappa shape index (κ2) is 6.65. The summed E-state index contributed by atoms with van der Waals surface area (Å²) in [4.78, 5) is 4.34. The second-order valence-electron chi connectivity index (χ2n) is 6.58. The van der Waals surface area contributed by atoms with Crippen molar-refractivity contribution in [1.29, 1.82) is 0 Å². The van der Waals surface area contributed by atoms with Crippen molar-refractivity contribution in [3.05, 3.63) is 65.0 Å². The fourth-order valence-electron chi connectivity index (χ4n) is 2.23. The predicted octanol–water partition coefficient (Wildman–Crippen LogP) is 5.27. The molecule has 0 unspecified atom stereocenters. The number of rotatable bonds is 4. The highest BCUT2D eigenvalue weighted by Gasteiger charge is 2.13. The van der Waals surface area contributed by atoms with Crippen LogP contribution in [0.1, 0.15) is 32.2 Å². The van der Waals surface area contributed by atoms with E-state index in [1.807, 2.05) is 24.3 Å². The van der Waals surface area contributed by atoms with E-state index in [4.69, 9.17) is 20.9 Å². The van der Waals surface area contributed by atoms with Crippen LogP contribution in [0.5, 0.6) is 5.75 Å². The zero-order chi connectivity index (χ0) is 17.2. The number of nitrogens with zero attached hydrogens (tertiary/aromatic N) is 2. The van der Waals surface area contributed by atoms with Gasteiger partial charge in [0, 0.05) is 10.6 Å². The van der Waals surface area contributed by atoms with Crippen molar-refractivity contribution in [3.63, 3.8) is 0 Å². The van der Waals surface area contributed by atoms with Gasteiger partial charge in [0.25, 0.3) is 5.89 Å². The van der Waals surface area contributed by atoms with Gasteiger partial charge in [-0.1, -0.05) is 49.7 Å². The van der Waals surface area contributed by atoms with Crippen LogP contribution in [0, 0.1) is 0 Å². The Kier molecular flexibility index (Phi) is 4.58. The minimum atomic E-state index is 0.124. The maximum absolute atomic E-state index is 5.88. The van der Waals surface area contributed by atoms with Gasteiger partial charge in [-0.25, -0.2) is 0 Å². The number of hydrogen-bond acceptors (Lipinski definition) is 4. The Morgan fingerprint density at radius 3 is 2.29 bits per heavy atom. The lowest BCUT2D eigenvalue weighted by molar-refractivity contribution is 0.243. The molecule has 0 aliphatic rings. The van der Waals surface area contributed by atoms with Crippen molar-refractivity contribution in [2.45, 2.75) is 32.8 Å². The van der Waals surface area contributed by atoms with E-state index in [2.05, 4.69) is 43.0 Å². The van der Waals surface area contributed by atoms with Crippen LogP contribution in [-0.4, -0.2) is 10.1 Å². The molecule has 124 valence electrons. The molecule has 1 aromatic heterocycles. The van der Waals surface area contributed by atoms with Crippen LogP contribution < -0.4 is 4.74 Å². The average molecular weight is 343 g/mol. The molecule has 0 radical (unpaired) electrons. The molecule has 0 spiro atoms. The van der Waals surface area contributed by atoms with Crippen molar-refractivity contribution < 1.29 is 9.26 Å². The molecule has 0 saturated carbocycles. The summed E-state index contributed by atoms with van der Waals surface area (Å²) in [5.74, 6) is 1.72. The SMILES string of the molecule is CC(C)(C)c1ccc(OCc2nc(-c3ccc(Cl)cc3)no2)cc1. The van der Waals surface area contributed by atoms with Gasteiger partial charge in [-0.2, -0.15) is 4.98 Å². The van der Waals surface area contributed by atoms with E-state index in [0.717, 1.165) is 11.3 Å². The Labute approximate surface area is 146 Å². The minimum absolute atomic E-state index is 0.124. The zero-order valence-electron chi connectivity index (χ0n) is 13.9. The van der Waals surface area contributed by atoms with Gasteiger partial charge in [-0.05, 0) is 47.4 Å². The Hall–Kier alpha value is -2.33. The highest BCUT2D eigenvalue weighted by molar-refractivity contribution is 6.30. The van der Waals surface area contributed by atoms with Gasteiger partial charge in [0.2, 0.25) is 5.82 Å². The number of ether oxygens (including phenoxy) is 1. The molecular formula is C19H19ClN2O2. The topological polar surface area (TPSA) is 48.2 Å². The maximum atomic E-state index is 5.88. The molecule has 0 bridgehead atoms.